The molecule has 2 aliphatic carbocycles. The molecule has 236 valence electrons. The van der Waals surface area contributed by atoms with E-state index in [0.717, 1.165) is 11.4 Å². The Morgan fingerprint density at radius 3 is 1.14 bits per heavy atom. The van der Waals surface area contributed by atoms with Gasteiger partial charge in [-0.3, -0.25) is 0 Å². The molecule has 9 rings (SSSR count). The van der Waals surface area contributed by atoms with Crippen LogP contribution in [-0.4, -0.2) is 0 Å². The van der Waals surface area contributed by atoms with E-state index in [-0.39, 0.29) is 10.8 Å². The highest BCUT2D eigenvalue weighted by molar-refractivity contribution is 5.99. The van der Waals surface area contributed by atoms with E-state index in [1.54, 1.807) is 0 Å². The molecule has 0 heterocycles. The average Bonchev–Trinajstić information content (AvgIpc) is 3.52. The summed E-state index contributed by atoms with van der Waals surface area (Å²) < 4.78 is 0. The van der Waals surface area contributed by atoms with Gasteiger partial charge in [0.15, 0.2) is 0 Å². The van der Waals surface area contributed by atoms with Crippen LogP contribution in [-0.2, 0) is 10.8 Å². The van der Waals surface area contributed by atoms with Crippen LogP contribution < -0.4 is 4.90 Å². The lowest BCUT2D eigenvalue weighted by Crippen LogP contribution is -2.16. The Balaban J connectivity index is 1.31. The summed E-state index contributed by atoms with van der Waals surface area (Å²) in [5, 5.41) is 0. The second-order valence-electron chi connectivity index (χ2n) is 14.6. The summed E-state index contributed by atoms with van der Waals surface area (Å²) in [5.41, 5.74) is 19.1. The SMILES string of the molecule is CC1(C)c2ccccc2-c2ccc(-c3cccc(-c4ccc5c(c4)C(C)(C)c4ccccc4-5)c3N(c3ccccc3)c3ccccc3)cc21. The zero-order valence-corrected chi connectivity index (χ0v) is 28.5. The highest BCUT2D eigenvalue weighted by Crippen LogP contribution is 2.54. The Morgan fingerprint density at radius 2 is 0.694 bits per heavy atom. The van der Waals surface area contributed by atoms with Crippen LogP contribution in [0.1, 0.15) is 49.9 Å². The van der Waals surface area contributed by atoms with Crippen molar-refractivity contribution in [2.45, 2.75) is 38.5 Å². The summed E-state index contributed by atoms with van der Waals surface area (Å²) in [6, 6.07) is 60.5. The van der Waals surface area contributed by atoms with Gasteiger partial charge in [0, 0.05) is 33.3 Å². The van der Waals surface area contributed by atoms with Crippen LogP contribution in [0.25, 0.3) is 44.5 Å². The van der Waals surface area contributed by atoms with Crippen LogP contribution >= 0.6 is 0 Å². The summed E-state index contributed by atoms with van der Waals surface area (Å²) in [6.45, 7) is 9.46. The first kappa shape index (κ1) is 29.5. The molecule has 0 saturated heterocycles. The maximum atomic E-state index is 2.45. The van der Waals surface area contributed by atoms with Gasteiger partial charge in [0.2, 0.25) is 0 Å². The normalized spacial score (nSPS) is 14.4. The van der Waals surface area contributed by atoms with Crippen LogP contribution in [0.4, 0.5) is 17.1 Å². The zero-order chi connectivity index (χ0) is 33.3. The largest absolute Gasteiger partial charge is 0.309 e. The topological polar surface area (TPSA) is 3.24 Å². The van der Waals surface area contributed by atoms with E-state index in [1.807, 2.05) is 0 Å². The minimum absolute atomic E-state index is 0.0845. The van der Waals surface area contributed by atoms with Crippen molar-refractivity contribution in [2.24, 2.45) is 0 Å². The van der Waals surface area contributed by atoms with Gasteiger partial charge >= 0.3 is 0 Å². The van der Waals surface area contributed by atoms with E-state index in [0.29, 0.717) is 0 Å². The van der Waals surface area contributed by atoms with Crippen molar-refractivity contribution in [1.29, 1.82) is 0 Å². The summed E-state index contributed by atoms with van der Waals surface area (Å²) in [6.07, 6.45) is 0. The van der Waals surface area contributed by atoms with Gasteiger partial charge in [0.25, 0.3) is 0 Å². The van der Waals surface area contributed by atoms with E-state index < -0.39 is 0 Å². The summed E-state index contributed by atoms with van der Waals surface area (Å²) in [4.78, 5) is 2.45. The third kappa shape index (κ3) is 4.46. The Hall–Kier alpha value is -5.66. The fraction of sp³-hybridized carbons (Fsp3) is 0.125. The average molecular weight is 630 g/mol. The highest BCUT2D eigenvalue weighted by atomic mass is 15.1. The Labute approximate surface area is 290 Å². The minimum atomic E-state index is -0.0845. The van der Waals surface area contributed by atoms with Gasteiger partial charge in [-0.25, -0.2) is 0 Å². The maximum Gasteiger partial charge on any atom is 0.0618 e. The monoisotopic (exact) mass is 629 g/mol. The van der Waals surface area contributed by atoms with E-state index in [1.165, 1.54) is 72.4 Å². The number of nitrogens with zero attached hydrogens (tertiary/aromatic N) is 1. The summed E-state index contributed by atoms with van der Waals surface area (Å²) in [7, 11) is 0. The fourth-order valence-electron chi connectivity index (χ4n) is 8.56. The molecule has 7 aromatic carbocycles. The van der Waals surface area contributed by atoms with Gasteiger partial charge in [0.05, 0.1) is 5.69 Å². The van der Waals surface area contributed by atoms with E-state index in [2.05, 4.69) is 196 Å². The van der Waals surface area contributed by atoms with Gasteiger partial charge < -0.3 is 4.90 Å². The highest BCUT2D eigenvalue weighted by Gasteiger charge is 2.37. The van der Waals surface area contributed by atoms with Gasteiger partial charge in [-0.05, 0) is 92.0 Å². The van der Waals surface area contributed by atoms with Crippen molar-refractivity contribution in [3.63, 3.8) is 0 Å². The Morgan fingerprint density at radius 1 is 0.327 bits per heavy atom. The number of anilines is 3. The fourth-order valence-corrected chi connectivity index (χ4v) is 8.56. The van der Waals surface area contributed by atoms with Gasteiger partial charge in [0.1, 0.15) is 0 Å². The lowest BCUT2D eigenvalue weighted by Gasteiger charge is -2.31. The first-order valence-corrected chi connectivity index (χ1v) is 17.4. The smallest absolute Gasteiger partial charge is 0.0618 e. The van der Waals surface area contributed by atoms with E-state index in [9.17, 15) is 0 Å². The molecular formula is C48H39N. The molecule has 0 radical (unpaired) electrons. The third-order valence-electron chi connectivity index (χ3n) is 11.1. The first-order valence-electron chi connectivity index (χ1n) is 17.4. The summed E-state index contributed by atoms with van der Waals surface area (Å²) in [5.74, 6) is 0. The Kier molecular flexibility index (Phi) is 6.58. The number of benzene rings is 7. The maximum absolute atomic E-state index is 2.45. The number of para-hydroxylation sites is 3. The molecule has 0 fully saturated rings. The molecule has 0 unspecified atom stereocenters. The van der Waals surface area contributed by atoms with Crippen LogP contribution in [0.5, 0.6) is 0 Å². The van der Waals surface area contributed by atoms with Crippen LogP contribution in [0.2, 0.25) is 0 Å². The lowest BCUT2D eigenvalue weighted by molar-refractivity contribution is 0.660. The molecule has 1 heteroatoms. The van der Waals surface area contributed by atoms with Crippen molar-refractivity contribution >= 4 is 17.1 Å². The molecule has 49 heavy (non-hydrogen) atoms. The lowest BCUT2D eigenvalue weighted by atomic mass is 9.80. The van der Waals surface area contributed by atoms with Gasteiger partial charge in [-0.15, -0.1) is 0 Å². The van der Waals surface area contributed by atoms with Crippen LogP contribution in [0.15, 0.2) is 164 Å². The predicted molar refractivity (Wildman–Crippen MR) is 207 cm³/mol. The molecule has 7 aromatic rings. The predicted octanol–water partition coefficient (Wildman–Crippen LogP) is 13.1. The van der Waals surface area contributed by atoms with Crippen molar-refractivity contribution in [3.05, 3.63) is 186 Å². The number of fused-ring (bicyclic) bond motifs is 6. The second-order valence-corrected chi connectivity index (χ2v) is 14.6. The first-order chi connectivity index (χ1) is 23.8. The molecule has 0 N–H and O–H groups in total. The molecule has 0 aromatic heterocycles. The van der Waals surface area contributed by atoms with Crippen molar-refractivity contribution in [2.75, 3.05) is 4.90 Å². The molecule has 1 nitrogen and oxygen atoms in total. The van der Waals surface area contributed by atoms with Crippen molar-refractivity contribution in [3.8, 4) is 44.5 Å². The molecule has 0 aliphatic heterocycles. The van der Waals surface area contributed by atoms with E-state index in [4.69, 9.17) is 0 Å². The quantitative estimate of drug-likeness (QED) is 0.183. The molecule has 0 saturated carbocycles. The standard InChI is InChI=1S/C48H39N/c1-47(2)42-24-13-11-20-38(42)40-28-26-32(30-44(40)47)36-22-15-23-37(46(36)49(34-16-7-5-8-17-34)35-18-9-6-10-19-35)33-27-29-41-39-21-12-14-25-43(39)48(3,4)45(41)31-33/h5-31H,1-4H3. The van der Waals surface area contributed by atoms with Crippen LogP contribution in [0, 0.1) is 0 Å². The van der Waals surface area contributed by atoms with Crippen LogP contribution in [0.3, 0.4) is 0 Å². The van der Waals surface area contributed by atoms with E-state index >= 15 is 0 Å². The number of hydrogen-bond donors (Lipinski definition) is 0. The molecular weight excluding hydrogens is 591 g/mol. The molecule has 2 aliphatic rings. The minimum Gasteiger partial charge on any atom is -0.309 e. The zero-order valence-electron chi connectivity index (χ0n) is 28.5. The molecule has 0 amide bonds. The number of hydrogen-bond acceptors (Lipinski definition) is 1. The van der Waals surface area contributed by atoms with Gasteiger partial charge in [-0.1, -0.05) is 155 Å². The Bertz CT molecular complexity index is 2210. The van der Waals surface area contributed by atoms with Crippen molar-refractivity contribution < 1.29 is 0 Å². The number of rotatable bonds is 5. The molecule has 0 spiro atoms. The molecule has 0 atom stereocenters. The molecule has 0 bridgehead atoms. The second kappa shape index (κ2) is 10.9. The summed E-state index contributed by atoms with van der Waals surface area (Å²) >= 11 is 0. The van der Waals surface area contributed by atoms with Gasteiger partial charge in [-0.2, -0.15) is 0 Å². The van der Waals surface area contributed by atoms with Crippen molar-refractivity contribution in [1.82, 2.24) is 0 Å². The third-order valence-corrected chi connectivity index (χ3v) is 11.1.